The quantitative estimate of drug-likeness (QED) is 0.760. The molecule has 1 amide bonds. The smallest absolute Gasteiger partial charge is 0.379 e. The summed E-state index contributed by atoms with van der Waals surface area (Å²) in [4.78, 5) is 17.1. The van der Waals surface area contributed by atoms with Crippen LogP contribution in [0.2, 0.25) is 0 Å². The number of benzene rings is 1. The number of ether oxygens (including phenoxy) is 1. The zero-order valence-electron chi connectivity index (χ0n) is 16.6. The second kappa shape index (κ2) is 8.77. The van der Waals surface area contributed by atoms with Crippen molar-refractivity contribution in [2.24, 2.45) is 5.92 Å². The van der Waals surface area contributed by atoms with Gasteiger partial charge in [-0.25, -0.2) is 4.68 Å². The number of alkyl halides is 3. The van der Waals surface area contributed by atoms with Crippen molar-refractivity contribution in [2.75, 3.05) is 45.9 Å². The first-order valence-corrected chi connectivity index (χ1v) is 10.2. The standard InChI is InChI=1S/C21H25F3N4O2/c22-21(23,24)19-7-10-28(25-19)18-3-1-17(2-4-18)20(29)27-8-5-16(6-9-27)15-26-11-13-30-14-12-26/h1-4,7,10,16H,5-6,8-9,11-15H2. The van der Waals surface area contributed by atoms with Gasteiger partial charge < -0.3 is 9.64 Å². The van der Waals surface area contributed by atoms with Crippen LogP contribution in [0.1, 0.15) is 28.9 Å². The first-order valence-electron chi connectivity index (χ1n) is 10.2. The minimum atomic E-state index is -4.48. The zero-order chi connectivity index (χ0) is 21.1. The van der Waals surface area contributed by atoms with Crippen LogP contribution in [0.25, 0.3) is 5.69 Å². The molecule has 4 rings (SSSR count). The van der Waals surface area contributed by atoms with E-state index in [9.17, 15) is 18.0 Å². The average Bonchev–Trinajstić information content (AvgIpc) is 3.26. The number of rotatable bonds is 4. The third kappa shape index (κ3) is 4.84. The van der Waals surface area contributed by atoms with E-state index >= 15 is 0 Å². The monoisotopic (exact) mass is 422 g/mol. The van der Waals surface area contributed by atoms with Crippen molar-refractivity contribution in [1.29, 1.82) is 0 Å². The number of aromatic nitrogens is 2. The van der Waals surface area contributed by atoms with Gasteiger partial charge in [0.2, 0.25) is 0 Å². The molecule has 2 aromatic rings. The molecule has 0 spiro atoms. The number of hydrogen-bond acceptors (Lipinski definition) is 4. The molecule has 0 bridgehead atoms. The topological polar surface area (TPSA) is 50.6 Å². The second-order valence-corrected chi connectivity index (χ2v) is 7.84. The Bertz CT molecular complexity index is 852. The third-order valence-corrected chi connectivity index (χ3v) is 5.78. The molecule has 9 heteroatoms. The molecule has 2 saturated heterocycles. The molecule has 2 aliphatic rings. The second-order valence-electron chi connectivity index (χ2n) is 7.84. The highest BCUT2D eigenvalue weighted by atomic mass is 19.4. The van der Waals surface area contributed by atoms with E-state index in [1.54, 1.807) is 24.3 Å². The molecular formula is C21H25F3N4O2. The maximum absolute atomic E-state index is 12.8. The number of morpholine rings is 1. The fourth-order valence-electron chi connectivity index (χ4n) is 4.03. The van der Waals surface area contributed by atoms with Crippen molar-refractivity contribution in [2.45, 2.75) is 19.0 Å². The molecule has 1 aromatic carbocycles. The van der Waals surface area contributed by atoms with Gasteiger partial charge in [-0.05, 0) is 49.1 Å². The van der Waals surface area contributed by atoms with Crippen molar-refractivity contribution in [3.8, 4) is 5.69 Å². The number of carbonyl (C=O) groups excluding carboxylic acids is 1. The molecule has 2 aliphatic heterocycles. The summed E-state index contributed by atoms with van der Waals surface area (Å²) < 4.78 is 44.7. The van der Waals surface area contributed by atoms with Crippen LogP contribution in [0.15, 0.2) is 36.5 Å². The van der Waals surface area contributed by atoms with E-state index in [-0.39, 0.29) is 5.91 Å². The van der Waals surface area contributed by atoms with Crippen molar-refractivity contribution < 1.29 is 22.7 Å². The van der Waals surface area contributed by atoms with Gasteiger partial charge in [0.25, 0.3) is 5.91 Å². The number of amides is 1. The first-order chi connectivity index (χ1) is 14.4. The summed E-state index contributed by atoms with van der Waals surface area (Å²) in [5.41, 5.74) is 0.0717. The number of carbonyl (C=O) groups is 1. The first kappa shape index (κ1) is 20.9. The molecule has 0 unspecified atom stereocenters. The van der Waals surface area contributed by atoms with E-state index in [1.165, 1.54) is 6.20 Å². The van der Waals surface area contributed by atoms with Gasteiger partial charge in [-0.1, -0.05) is 0 Å². The number of halogens is 3. The van der Waals surface area contributed by atoms with Crippen LogP contribution in [-0.4, -0.2) is 71.4 Å². The van der Waals surface area contributed by atoms with Crippen LogP contribution < -0.4 is 0 Å². The molecule has 6 nitrogen and oxygen atoms in total. The summed E-state index contributed by atoms with van der Waals surface area (Å²) in [6.45, 7) is 6.06. The Morgan fingerprint density at radius 1 is 1.03 bits per heavy atom. The van der Waals surface area contributed by atoms with Crippen LogP contribution in [0.4, 0.5) is 13.2 Å². The fourth-order valence-corrected chi connectivity index (χ4v) is 4.03. The van der Waals surface area contributed by atoms with Gasteiger partial charge in [0.1, 0.15) is 0 Å². The van der Waals surface area contributed by atoms with Crippen molar-refractivity contribution >= 4 is 5.91 Å². The molecule has 0 aliphatic carbocycles. The molecule has 162 valence electrons. The lowest BCUT2D eigenvalue weighted by Gasteiger charge is -2.36. The van der Waals surface area contributed by atoms with Crippen molar-refractivity contribution in [1.82, 2.24) is 19.6 Å². The van der Waals surface area contributed by atoms with E-state index < -0.39 is 11.9 Å². The van der Waals surface area contributed by atoms with Crippen molar-refractivity contribution in [3.05, 3.63) is 47.8 Å². The van der Waals surface area contributed by atoms with Crippen LogP contribution in [-0.2, 0) is 10.9 Å². The number of nitrogens with zero attached hydrogens (tertiary/aromatic N) is 4. The van der Waals surface area contributed by atoms with Gasteiger partial charge in [0.15, 0.2) is 5.69 Å². The largest absolute Gasteiger partial charge is 0.435 e. The molecule has 0 atom stereocenters. The lowest BCUT2D eigenvalue weighted by molar-refractivity contribution is -0.141. The Morgan fingerprint density at radius 2 is 1.70 bits per heavy atom. The van der Waals surface area contributed by atoms with Gasteiger partial charge in [-0.2, -0.15) is 18.3 Å². The van der Waals surface area contributed by atoms with E-state index in [0.717, 1.165) is 69.5 Å². The normalized spacial score (nSPS) is 19.2. The van der Waals surface area contributed by atoms with E-state index in [1.807, 2.05) is 4.90 Å². The minimum Gasteiger partial charge on any atom is -0.379 e. The predicted molar refractivity (Wildman–Crippen MR) is 104 cm³/mol. The highest BCUT2D eigenvalue weighted by Gasteiger charge is 2.33. The molecule has 2 fully saturated rings. The molecule has 0 saturated carbocycles. The van der Waals surface area contributed by atoms with Crippen LogP contribution >= 0.6 is 0 Å². The number of hydrogen-bond donors (Lipinski definition) is 0. The van der Waals surface area contributed by atoms with Crippen LogP contribution in [0.3, 0.4) is 0 Å². The van der Waals surface area contributed by atoms with Gasteiger partial charge in [-0.15, -0.1) is 0 Å². The molecule has 3 heterocycles. The molecule has 30 heavy (non-hydrogen) atoms. The lowest BCUT2D eigenvalue weighted by Crippen LogP contribution is -2.44. The summed E-state index contributed by atoms with van der Waals surface area (Å²) >= 11 is 0. The number of likely N-dealkylation sites (tertiary alicyclic amines) is 1. The predicted octanol–water partition coefficient (Wildman–Crippen LogP) is 3.08. The Kier molecular flexibility index (Phi) is 6.10. The van der Waals surface area contributed by atoms with Gasteiger partial charge in [0.05, 0.1) is 18.9 Å². The Morgan fingerprint density at radius 3 is 2.30 bits per heavy atom. The SMILES string of the molecule is O=C(c1ccc(-n2ccc(C(F)(F)F)n2)cc1)N1CCC(CN2CCOCC2)CC1. The minimum absolute atomic E-state index is 0.0391. The molecular weight excluding hydrogens is 397 g/mol. The summed E-state index contributed by atoms with van der Waals surface area (Å²) in [6.07, 6.45) is -1.25. The molecule has 1 aromatic heterocycles. The maximum atomic E-state index is 12.8. The van der Waals surface area contributed by atoms with Crippen LogP contribution in [0.5, 0.6) is 0 Å². The summed E-state index contributed by atoms with van der Waals surface area (Å²) in [7, 11) is 0. The van der Waals surface area contributed by atoms with Gasteiger partial charge in [0, 0.05) is 44.5 Å². The molecule has 0 radical (unpaired) electrons. The molecule has 0 N–H and O–H groups in total. The summed E-state index contributed by atoms with van der Waals surface area (Å²) in [5.74, 6) is 0.556. The van der Waals surface area contributed by atoms with E-state index in [2.05, 4.69) is 10.00 Å². The van der Waals surface area contributed by atoms with Crippen LogP contribution in [0, 0.1) is 5.92 Å². The summed E-state index contributed by atoms with van der Waals surface area (Å²) in [5, 5.41) is 3.56. The fraction of sp³-hybridized carbons (Fsp3) is 0.524. The Hall–Kier alpha value is -2.39. The highest BCUT2D eigenvalue weighted by Crippen LogP contribution is 2.28. The third-order valence-electron chi connectivity index (χ3n) is 5.78. The van der Waals surface area contributed by atoms with E-state index in [0.29, 0.717) is 17.2 Å². The average molecular weight is 422 g/mol. The maximum Gasteiger partial charge on any atom is 0.435 e. The number of piperidine rings is 1. The van der Waals surface area contributed by atoms with E-state index in [4.69, 9.17) is 4.74 Å². The Balaban J connectivity index is 1.32. The highest BCUT2D eigenvalue weighted by molar-refractivity contribution is 5.94. The van der Waals surface area contributed by atoms with Gasteiger partial charge >= 0.3 is 6.18 Å². The van der Waals surface area contributed by atoms with Gasteiger partial charge in [-0.3, -0.25) is 9.69 Å². The zero-order valence-corrected chi connectivity index (χ0v) is 16.6. The van der Waals surface area contributed by atoms with Crippen molar-refractivity contribution in [3.63, 3.8) is 0 Å². The lowest BCUT2D eigenvalue weighted by atomic mass is 9.95. The summed E-state index contributed by atoms with van der Waals surface area (Å²) in [6, 6.07) is 7.45. The Labute approximate surface area is 173 Å².